The molecule has 0 N–H and O–H groups in total. The first-order valence-corrected chi connectivity index (χ1v) is 6.74. The van der Waals surface area contributed by atoms with Crippen LogP contribution in [0.15, 0.2) is 46.5 Å². The molecule has 0 saturated heterocycles. The summed E-state index contributed by atoms with van der Waals surface area (Å²) in [7, 11) is -3.78. The van der Waals surface area contributed by atoms with Crippen molar-refractivity contribution in [3.63, 3.8) is 0 Å². The van der Waals surface area contributed by atoms with Crippen LogP contribution in [0.3, 0.4) is 0 Å². The highest BCUT2D eigenvalue weighted by molar-refractivity contribution is 7.91. The molecule has 0 aliphatic heterocycles. The van der Waals surface area contributed by atoms with Gasteiger partial charge in [-0.15, -0.1) is 0 Å². The van der Waals surface area contributed by atoms with Crippen molar-refractivity contribution in [2.45, 2.75) is 10.1 Å². The number of hydrogen-bond acceptors (Lipinski definition) is 4. The number of rotatable bonds is 2. The summed E-state index contributed by atoms with van der Waals surface area (Å²) >= 11 is 11.3. The SMILES string of the molecule is O=S(=O)(c1ccccc1)c1nc(Cl)cc(Cl)n1. The molecule has 0 aliphatic rings. The molecule has 0 spiro atoms. The van der Waals surface area contributed by atoms with Gasteiger partial charge in [-0.3, -0.25) is 0 Å². The van der Waals surface area contributed by atoms with E-state index in [9.17, 15) is 8.42 Å². The smallest absolute Gasteiger partial charge is 0.215 e. The van der Waals surface area contributed by atoms with E-state index in [-0.39, 0.29) is 15.2 Å². The van der Waals surface area contributed by atoms with Crippen molar-refractivity contribution in [2.75, 3.05) is 0 Å². The average Bonchev–Trinajstić information content (AvgIpc) is 2.29. The summed E-state index contributed by atoms with van der Waals surface area (Å²) in [5, 5.41) is -0.430. The molecule has 7 heteroatoms. The number of aromatic nitrogens is 2. The largest absolute Gasteiger partial charge is 0.254 e. The lowest BCUT2D eigenvalue weighted by Gasteiger charge is -2.03. The molecular formula is C10H6Cl2N2O2S. The molecule has 4 nitrogen and oxygen atoms in total. The third-order valence-electron chi connectivity index (χ3n) is 1.94. The Morgan fingerprint density at radius 1 is 0.941 bits per heavy atom. The Kier molecular flexibility index (Phi) is 3.33. The van der Waals surface area contributed by atoms with Gasteiger partial charge in [0, 0.05) is 6.07 Å². The number of sulfone groups is 1. The van der Waals surface area contributed by atoms with E-state index in [1.165, 1.54) is 18.2 Å². The molecule has 0 radical (unpaired) electrons. The van der Waals surface area contributed by atoms with Gasteiger partial charge in [0.05, 0.1) is 4.90 Å². The van der Waals surface area contributed by atoms with Gasteiger partial charge in [-0.1, -0.05) is 41.4 Å². The van der Waals surface area contributed by atoms with Crippen LogP contribution >= 0.6 is 23.2 Å². The van der Waals surface area contributed by atoms with Crippen LogP contribution in [-0.2, 0) is 9.84 Å². The van der Waals surface area contributed by atoms with E-state index in [0.29, 0.717) is 0 Å². The summed E-state index contributed by atoms with van der Waals surface area (Å²) in [4.78, 5) is 7.42. The molecule has 0 bridgehead atoms. The fourth-order valence-corrected chi connectivity index (χ4v) is 2.88. The molecule has 0 saturated carbocycles. The Balaban J connectivity index is 2.60. The molecule has 0 aliphatic carbocycles. The van der Waals surface area contributed by atoms with Crippen LogP contribution in [0.25, 0.3) is 0 Å². The Bertz CT molecular complexity index is 624. The molecular weight excluding hydrogens is 283 g/mol. The zero-order chi connectivity index (χ0) is 12.5. The second kappa shape index (κ2) is 4.60. The number of halogens is 2. The second-order valence-electron chi connectivity index (χ2n) is 3.11. The fraction of sp³-hybridized carbons (Fsp3) is 0. The van der Waals surface area contributed by atoms with Crippen molar-refractivity contribution in [1.82, 2.24) is 9.97 Å². The van der Waals surface area contributed by atoms with E-state index in [1.54, 1.807) is 18.2 Å². The predicted octanol–water partition coefficient (Wildman–Crippen LogP) is 2.62. The molecule has 2 aromatic rings. The van der Waals surface area contributed by atoms with Crippen LogP contribution in [-0.4, -0.2) is 18.4 Å². The first-order chi connectivity index (χ1) is 8.00. The standard InChI is InChI=1S/C10H6Cl2N2O2S/c11-8-6-9(12)14-10(13-8)17(15,16)7-4-2-1-3-5-7/h1-6H. The predicted molar refractivity (Wildman–Crippen MR) is 63.9 cm³/mol. The topological polar surface area (TPSA) is 59.9 Å². The van der Waals surface area contributed by atoms with E-state index in [0.717, 1.165) is 0 Å². The number of nitrogens with zero attached hydrogens (tertiary/aromatic N) is 2. The third-order valence-corrected chi connectivity index (χ3v) is 3.88. The van der Waals surface area contributed by atoms with E-state index >= 15 is 0 Å². The maximum atomic E-state index is 12.1. The third kappa shape index (κ3) is 2.57. The molecule has 88 valence electrons. The lowest BCUT2D eigenvalue weighted by atomic mass is 10.4. The lowest BCUT2D eigenvalue weighted by Crippen LogP contribution is -2.07. The molecule has 1 aromatic heterocycles. The summed E-state index contributed by atoms with van der Waals surface area (Å²) in [6.45, 7) is 0. The van der Waals surface area contributed by atoms with Crippen molar-refractivity contribution in [1.29, 1.82) is 0 Å². The first kappa shape index (κ1) is 12.3. The van der Waals surface area contributed by atoms with Crippen LogP contribution in [0.1, 0.15) is 0 Å². The summed E-state index contributed by atoms with van der Waals surface area (Å²) in [6, 6.07) is 9.11. The summed E-state index contributed by atoms with van der Waals surface area (Å²) < 4.78 is 24.2. The maximum Gasteiger partial charge on any atom is 0.254 e. The number of hydrogen-bond donors (Lipinski definition) is 0. The van der Waals surface area contributed by atoms with E-state index in [4.69, 9.17) is 23.2 Å². The van der Waals surface area contributed by atoms with Gasteiger partial charge in [0.2, 0.25) is 9.84 Å². The Morgan fingerprint density at radius 3 is 2.00 bits per heavy atom. The molecule has 0 amide bonds. The van der Waals surface area contributed by atoms with Gasteiger partial charge in [-0.05, 0) is 12.1 Å². The van der Waals surface area contributed by atoms with Crippen molar-refractivity contribution < 1.29 is 8.42 Å². The van der Waals surface area contributed by atoms with Crippen LogP contribution in [0, 0.1) is 0 Å². The van der Waals surface area contributed by atoms with Gasteiger partial charge in [0.1, 0.15) is 10.3 Å². The zero-order valence-electron chi connectivity index (χ0n) is 8.34. The summed E-state index contributed by atoms with van der Waals surface area (Å²) in [5.74, 6) is 0. The van der Waals surface area contributed by atoms with Crippen molar-refractivity contribution in [3.8, 4) is 0 Å². The summed E-state index contributed by atoms with van der Waals surface area (Å²) in [6.07, 6.45) is 0. The highest BCUT2D eigenvalue weighted by Crippen LogP contribution is 2.20. The van der Waals surface area contributed by atoms with Gasteiger partial charge in [0.15, 0.2) is 0 Å². The van der Waals surface area contributed by atoms with Gasteiger partial charge in [0.25, 0.3) is 5.16 Å². The van der Waals surface area contributed by atoms with Crippen LogP contribution < -0.4 is 0 Å². The van der Waals surface area contributed by atoms with Gasteiger partial charge in [-0.2, -0.15) is 0 Å². The Labute approximate surface area is 108 Å². The van der Waals surface area contributed by atoms with Crippen molar-refractivity contribution >= 4 is 33.0 Å². The van der Waals surface area contributed by atoms with E-state index < -0.39 is 15.0 Å². The minimum absolute atomic E-state index is 0.0143. The van der Waals surface area contributed by atoms with Crippen molar-refractivity contribution in [3.05, 3.63) is 46.7 Å². The molecule has 1 aromatic carbocycles. The minimum atomic E-state index is -3.78. The van der Waals surface area contributed by atoms with Crippen molar-refractivity contribution in [2.24, 2.45) is 0 Å². The normalized spacial score (nSPS) is 11.4. The number of benzene rings is 1. The quantitative estimate of drug-likeness (QED) is 0.630. The second-order valence-corrected chi connectivity index (χ2v) is 5.73. The monoisotopic (exact) mass is 288 g/mol. The molecule has 0 unspecified atom stereocenters. The first-order valence-electron chi connectivity index (χ1n) is 4.50. The highest BCUT2D eigenvalue weighted by atomic mass is 35.5. The van der Waals surface area contributed by atoms with Crippen LogP contribution in [0.4, 0.5) is 0 Å². The van der Waals surface area contributed by atoms with Crippen LogP contribution in [0.5, 0.6) is 0 Å². The maximum absolute atomic E-state index is 12.1. The lowest BCUT2D eigenvalue weighted by molar-refractivity contribution is 0.587. The molecule has 1 heterocycles. The Hall–Kier alpha value is -1.17. The van der Waals surface area contributed by atoms with E-state index in [1.807, 2.05) is 0 Å². The molecule has 0 fully saturated rings. The average molecular weight is 289 g/mol. The highest BCUT2D eigenvalue weighted by Gasteiger charge is 2.21. The summed E-state index contributed by atoms with van der Waals surface area (Å²) in [5.41, 5.74) is 0. The molecule has 0 atom stereocenters. The van der Waals surface area contributed by atoms with Gasteiger partial charge >= 0.3 is 0 Å². The van der Waals surface area contributed by atoms with E-state index in [2.05, 4.69) is 9.97 Å². The van der Waals surface area contributed by atoms with Crippen LogP contribution in [0.2, 0.25) is 10.3 Å². The zero-order valence-corrected chi connectivity index (χ0v) is 10.7. The van der Waals surface area contributed by atoms with Gasteiger partial charge in [-0.25, -0.2) is 18.4 Å². The Morgan fingerprint density at radius 2 is 1.47 bits per heavy atom. The molecule has 17 heavy (non-hydrogen) atoms. The van der Waals surface area contributed by atoms with Gasteiger partial charge < -0.3 is 0 Å². The fourth-order valence-electron chi connectivity index (χ4n) is 1.20. The molecule has 2 rings (SSSR count). The minimum Gasteiger partial charge on any atom is -0.215 e.